The molecule has 2 saturated heterocycles. The summed E-state index contributed by atoms with van der Waals surface area (Å²) < 4.78 is 66.6. The molecule has 0 bridgehead atoms. The average molecular weight is 504 g/mol. The molecule has 1 amide bonds. The van der Waals surface area contributed by atoms with Crippen molar-refractivity contribution in [1.82, 2.24) is 9.29 Å². The van der Waals surface area contributed by atoms with E-state index in [0.29, 0.717) is 12.2 Å². The number of benzene rings is 1. The fourth-order valence-electron chi connectivity index (χ4n) is 3.90. The predicted molar refractivity (Wildman–Crippen MR) is 117 cm³/mol. The van der Waals surface area contributed by atoms with Gasteiger partial charge in [-0.1, -0.05) is 11.6 Å². The van der Waals surface area contributed by atoms with Crippen LogP contribution in [0.2, 0.25) is 5.15 Å². The van der Waals surface area contributed by atoms with E-state index in [1.807, 2.05) is 0 Å². The molecule has 8 nitrogen and oxygen atoms in total. The fraction of sp³-hybridized carbons (Fsp3) is 0.400. The summed E-state index contributed by atoms with van der Waals surface area (Å²) in [6.07, 6.45) is -4.32. The zero-order valence-electron chi connectivity index (χ0n) is 17.3. The van der Waals surface area contributed by atoms with Gasteiger partial charge in [-0.15, -0.1) is 0 Å². The molecule has 178 valence electrons. The van der Waals surface area contributed by atoms with Crippen molar-refractivity contribution in [2.75, 3.05) is 42.5 Å². The number of nitrogens with two attached hydrogens (primary N) is 1. The van der Waals surface area contributed by atoms with Gasteiger partial charge in [0.1, 0.15) is 11.0 Å². The molecule has 0 spiro atoms. The number of amides is 1. The smallest absolute Gasteiger partial charge is 0.354 e. The number of halogens is 4. The Hall–Kier alpha value is -2.41. The molecule has 0 radical (unpaired) electrons. The first-order valence-electron chi connectivity index (χ1n) is 10.1. The number of alkyl halides is 3. The van der Waals surface area contributed by atoms with Crippen LogP contribution in [-0.4, -0.2) is 62.4 Å². The van der Waals surface area contributed by atoms with Gasteiger partial charge < -0.3 is 15.5 Å². The van der Waals surface area contributed by atoms with E-state index in [9.17, 15) is 26.4 Å². The summed E-state index contributed by atoms with van der Waals surface area (Å²) in [6, 6.07) is 7.39. The molecule has 3 heterocycles. The van der Waals surface area contributed by atoms with Gasteiger partial charge in [-0.25, -0.2) is 13.4 Å². The molecule has 1 aromatic heterocycles. The van der Waals surface area contributed by atoms with Gasteiger partial charge in [0.2, 0.25) is 15.9 Å². The molecule has 1 unspecified atom stereocenters. The van der Waals surface area contributed by atoms with Crippen molar-refractivity contribution in [3.8, 4) is 0 Å². The highest BCUT2D eigenvalue weighted by Crippen LogP contribution is 2.33. The Morgan fingerprint density at radius 2 is 1.70 bits per heavy atom. The summed E-state index contributed by atoms with van der Waals surface area (Å²) >= 11 is 5.76. The lowest BCUT2D eigenvalue weighted by atomic mass is 10.2. The third-order valence-corrected chi connectivity index (χ3v) is 7.72. The molecule has 1 aromatic carbocycles. The second-order valence-corrected chi connectivity index (χ2v) is 10.2. The summed E-state index contributed by atoms with van der Waals surface area (Å²) in [4.78, 5) is 19.1. The van der Waals surface area contributed by atoms with Crippen LogP contribution in [0, 0.1) is 0 Å². The number of aromatic nitrogens is 1. The van der Waals surface area contributed by atoms with Crippen LogP contribution in [0.4, 0.5) is 24.7 Å². The minimum Gasteiger partial charge on any atom is -0.354 e. The van der Waals surface area contributed by atoms with Crippen molar-refractivity contribution < 1.29 is 26.4 Å². The normalized spacial score (nSPS) is 20.5. The monoisotopic (exact) mass is 503 g/mol. The second-order valence-electron chi connectivity index (χ2n) is 7.89. The van der Waals surface area contributed by atoms with E-state index in [0.717, 1.165) is 12.1 Å². The number of nitrogens with zero attached hydrogens (tertiary/aromatic N) is 4. The Labute approximate surface area is 193 Å². The summed E-state index contributed by atoms with van der Waals surface area (Å²) in [5.41, 5.74) is 5.47. The third-order valence-electron chi connectivity index (χ3n) is 5.61. The van der Waals surface area contributed by atoms with Gasteiger partial charge >= 0.3 is 6.18 Å². The highest BCUT2D eigenvalue weighted by Gasteiger charge is 2.34. The van der Waals surface area contributed by atoms with Crippen molar-refractivity contribution in [1.29, 1.82) is 0 Å². The van der Waals surface area contributed by atoms with E-state index in [2.05, 4.69) is 4.98 Å². The van der Waals surface area contributed by atoms with Gasteiger partial charge in [0.15, 0.2) is 0 Å². The zero-order chi connectivity index (χ0) is 24.0. The Balaban J connectivity index is 1.45. The number of hydrogen-bond acceptors (Lipinski definition) is 6. The number of carbonyl (C=O) groups excluding carboxylic acids is 1. The summed E-state index contributed by atoms with van der Waals surface area (Å²) in [6.45, 7) is 0.822. The van der Waals surface area contributed by atoms with Crippen molar-refractivity contribution in [2.24, 2.45) is 5.73 Å². The SMILES string of the molecule is NC1CC(=O)N(c2ccc(S(=O)(=O)N3CCN(c4cc(C(F)(F)F)cc(Cl)n4)CC3)cc2)C1. The van der Waals surface area contributed by atoms with Gasteiger partial charge in [-0.05, 0) is 36.4 Å². The number of anilines is 2. The first-order chi connectivity index (χ1) is 15.4. The van der Waals surface area contributed by atoms with Gasteiger partial charge in [0.25, 0.3) is 0 Å². The van der Waals surface area contributed by atoms with E-state index < -0.39 is 21.8 Å². The molecule has 2 aliphatic heterocycles. The maximum Gasteiger partial charge on any atom is 0.416 e. The first kappa shape index (κ1) is 23.7. The quantitative estimate of drug-likeness (QED) is 0.643. The van der Waals surface area contributed by atoms with E-state index in [1.54, 1.807) is 17.0 Å². The number of hydrogen-bond donors (Lipinski definition) is 1. The Morgan fingerprint density at radius 3 is 2.24 bits per heavy atom. The molecule has 2 N–H and O–H groups in total. The van der Waals surface area contributed by atoms with Crippen molar-refractivity contribution >= 4 is 39.0 Å². The summed E-state index contributed by atoms with van der Waals surface area (Å²) in [5.74, 6) is -0.0674. The highest BCUT2D eigenvalue weighted by atomic mass is 35.5. The summed E-state index contributed by atoms with van der Waals surface area (Å²) in [7, 11) is -3.82. The Kier molecular flexibility index (Phi) is 6.29. The van der Waals surface area contributed by atoms with Crippen molar-refractivity contribution in [3.05, 3.63) is 47.1 Å². The number of carbonyl (C=O) groups is 1. The van der Waals surface area contributed by atoms with Gasteiger partial charge in [-0.3, -0.25) is 4.79 Å². The first-order valence-corrected chi connectivity index (χ1v) is 11.9. The van der Waals surface area contributed by atoms with E-state index in [-0.39, 0.29) is 60.4 Å². The predicted octanol–water partition coefficient (Wildman–Crippen LogP) is 2.33. The molecular weight excluding hydrogens is 483 g/mol. The lowest BCUT2D eigenvalue weighted by Crippen LogP contribution is -2.49. The van der Waals surface area contributed by atoms with Gasteiger partial charge in [0, 0.05) is 50.9 Å². The average Bonchev–Trinajstić information content (AvgIpc) is 3.11. The number of sulfonamides is 1. The molecule has 13 heteroatoms. The molecule has 1 atom stereocenters. The van der Waals surface area contributed by atoms with Crippen LogP contribution in [0.25, 0.3) is 0 Å². The van der Waals surface area contributed by atoms with E-state index >= 15 is 0 Å². The number of pyridine rings is 1. The lowest BCUT2D eigenvalue weighted by molar-refractivity contribution is -0.137. The minimum absolute atomic E-state index is 0.0460. The molecule has 4 rings (SSSR count). The fourth-order valence-corrected chi connectivity index (χ4v) is 5.52. The number of rotatable bonds is 4. The van der Waals surface area contributed by atoms with Crippen molar-refractivity contribution in [2.45, 2.75) is 23.5 Å². The second kappa shape index (κ2) is 8.75. The highest BCUT2D eigenvalue weighted by molar-refractivity contribution is 7.89. The molecule has 0 saturated carbocycles. The molecule has 33 heavy (non-hydrogen) atoms. The molecular formula is C20H21ClF3N5O3S. The molecule has 2 aliphatic rings. The lowest BCUT2D eigenvalue weighted by Gasteiger charge is -2.35. The van der Waals surface area contributed by atoms with Crippen LogP contribution >= 0.6 is 11.6 Å². The van der Waals surface area contributed by atoms with E-state index in [4.69, 9.17) is 17.3 Å². The van der Waals surface area contributed by atoms with Crippen molar-refractivity contribution in [3.63, 3.8) is 0 Å². The standard InChI is InChI=1S/C20H21ClF3N5O3S/c21-17-9-13(20(22,23)24)10-18(26-17)27-5-7-28(8-6-27)33(31,32)16-3-1-15(2-4-16)29-12-14(25)11-19(29)30/h1-4,9-10,14H,5-8,11-12,25H2. The van der Waals surface area contributed by atoms with E-state index in [1.165, 1.54) is 21.3 Å². The molecule has 2 aromatic rings. The van der Waals surface area contributed by atoms with Crippen LogP contribution in [0.15, 0.2) is 41.3 Å². The minimum atomic E-state index is -4.57. The van der Waals surface area contributed by atoms with Crippen LogP contribution in [0.3, 0.4) is 0 Å². The van der Waals surface area contributed by atoms with Gasteiger partial charge in [-0.2, -0.15) is 17.5 Å². The Morgan fingerprint density at radius 1 is 1.06 bits per heavy atom. The maximum absolute atomic E-state index is 13.1. The third kappa shape index (κ3) is 4.93. The largest absolute Gasteiger partial charge is 0.416 e. The topological polar surface area (TPSA) is 99.8 Å². The van der Waals surface area contributed by atoms with Crippen LogP contribution < -0.4 is 15.5 Å². The maximum atomic E-state index is 13.1. The Bertz CT molecular complexity index is 1150. The summed E-state index contributed by atoms with van der Waals surface area (Å²) in [5, 5.41) is -0.285. The van der Waals surface area contributed by atoms with Gasteiger partial charge in [0.05, 0.1) is 10.5 Å². The number of piperazine rings is 1. The van der Waals surface area contributed by atoms with Crippen LogP contribution in [-0.2, 0) is 21.0 Å². The molecule has 2 fully saturated rings. The zero-order valence-corrected chi connectivity index (χ0v) is 18.9. The van der Waals surface area contributed by atoms with Crippen LogP contribution in [0.5, 0.6) is 0 Å². The van der Waals surface area contributed by atoms with Crippen LogP contribution in [0.1, 0.15) is 12.0 Å². The molecule has 0 aliphatic carbocycles.